The van der Waals surface area contributed by atoms with Crippen molar-refractivity contribution in [3.63, 3.8) is 0 Å². The van der Waals surface area contributed by atoms with Crippen molar-refractivity contribution in [1.82, 2.24) is 9.78 Å². The van der Waals surface area contributed by atoms with Crippen LogP contribution in [0.25, 0.3) is 10.9 Å². The predicted molar refractivity (Wildman–Crippen MR) is 53.3 cm³/mol. The Labute approximate surface area is 81.3 Å². The SMILES string of the molecule is CC(N)c1nn(C)c2cccc(F)c12. The minimum Gasteiger partial charge on any atom is -0.323 e. The van der Waals surface area contributed by atoms with Crippen molar-refractivity contribution in [2.45, 2.75) is 13.0 Å². The lowest BCUT2D eigenvalue weighted by atomic mass is 10.1. The number of hydrogen-bond acceptors (Lipinski definition) is 2. The Balaban J connectivity index is 2.86. The fourth-order valence-electron chi connectivity index (χ4n) is 1.62. The van der Waals surface area contributed by atoms with Gasteiger partial charge >= 0.3 is 0 Å². The van der Waals surface area contributed by atoms with Gasteiger partial charge in [0.15, 0.2) is 0 Å². The van der Waals surface area contributed by atoms with E-state index in [1.165, 1.54) is 6.07 Å². The van der Waals surface area contributed by atoms with Crippen molar-refractivity contribution in [3.05, 3.63) is 29.7 Å². The third-order valence-corrected chi connectivity index (χ3v) is 2.29. The van der Waals surface area contributed by atoms with Gasteiger partial charge in [-0.1, -0.05) is 6.07 Å². The molecule has 0 saturated carbocycles. The van der Waals surface area contributed by atoms with Gasteiger partial charge in [-0.15, -0.1) is 0 Å². The fourth-order valence-corrected chi connectivity index (χ4v) is 1.62. The molecule has 0 aliphatic carbocycles. The Morgan fingerprint density at radius 1 is 1.50 bits per heavy atom. The molecule has 74 valence electrons. The van der Waals surface area contributed by atoms with E-state index in [4.69, 9.17) is 5.73 Å². The summed E-state index contributed by atoms with van der Waals surface area (Å²) in [6.45, 7) is 1.80. The summed E-state index contributed by atoms with van der Waals surface area (Å²) in [5.74, 6) is -0.261. The monoisotopic (exact) mass is 193 g/mol. The summed E-state index contributed by atoms with van der Waals surface area (Å²) in [7, 11) is 1.79. The van der Waals surface area contributed by atoms with Crippen LogP contribution < -0.4 is 5.73 Å². The molecule has 0 radical (unpaired) electrons. The van der Waals surface area contributed by atoms with Crippen LogP contribution in [0.15, 0.2) is 18.2 Å². The van der Waals surface area contributed by atoms with Gasteiger partial charge in [-0.05, 0) is 19.1 Å². The van der Waals surface area contributed by atoms with Crippen molar-refractivity contribution in [2.75, 3.05) is 0 Å². The Kier molecular flexibility index (Phi) is 2.00. The lowest BCUT2D eigenvalue weighted by Gasteiger charge is -2.00. The second-order valence-corrected chi connectivity index (χ2v) is 3.43. The molecular formula is C10H12FN3. The maximum absolute atomic E-state index is 13.5. The molecule has 0 spiro atoms. The topological polar surface area (TPSA) is 43.8 Å². The minimum absolute atomic E-state index is 0.254. The number of rotatable bonds is 1. The van der Waals surface area contributed by atoms with Gasteiger partial charge in [-0.3, -0.25) is 4.68 Å². The number of aryl methyl sites for hydroxylation is 1. The highest BCUT2D eigenvalue weighted by molar-refractivity contribution is 5.83. The molecule has 2 N–H and O–H groups in total. The van der Waals surface area contributed by atoms with E-state index >= 15 is 0 Å². The van der Waals surface area contributed by atoms with Crippen molar-refractivity contribution in [3.8, 4) is 0 Å². The van der Waals surface area contributed by atoms with Crippen molar-refractivity contribution in [2.24, 2.45) is 12.8 Å². The number of aromatic nitrogens is 2. The smallest absolute Gasteiger partial charge is 0.134 e. The van der Waals surface area contributed by atoms with E-state index in [0.29, 0.717) is 11.1 Å². The van der Waals surface area contributed by atoms with Crippen molar-refractivity contribution < 1.29 is 4.39 Å². The average molecular weight is 193 g/mol. The first-order chi connectivity index (χ1) is 6.61. The van der Waals surface area contributed by atoms with Gasteiger partial charge < -0.3 is 5.73 Å². The van der Waals surface area contributed by atoms with Gasteiger partial charge in [0.05, 0.1) is 16.6 Å². The molecule has 14 heavy (non-hydrogen) atoms. The van der Waals surface area contributed by atoms with E-state index in [1.807, 2.05) is 6.07 Å². The zero-order valence-electron chi connectivity index (χ0n) is 8.16. The third-order valence-electron chi connectivity index (χ3n) is 2.29. The molecule has 3 nitrogen and oxygen atoms in total. The van der Waals surface area contributed by atoms with E-state index in [2.05, 4.69) is 5.10 Å². The predicted octanol–water partition coefficient (Wildman–Crippen LogP) is 1.73. The molecule has 4 heteroatoms. The summed E-state index contributed by atoms with van der Waals surface area (Å²) in [4.78, 5) is 0. The number of halogens is 1. The maximum atomic E-state index is 13.5. The molecule has 0 amide bonds. The molecule has 0 aliphatic heterocycles. The highest BCUT2D eigenvalue weighted by atomic mass is 19.1. The van der Waals surface area contributed by atoms with Crippen LogP contribution >= 0.6 is 0 Å². The lowest BCUT2D eigenvalue weighted by Crippen LogP contribution is -2.07. The average Bonchev–Trinajstić information content (AvgIpc) is 2.46. The number of hydrogen-bond donors (Lipinski definition) is 1. The molecule has 1 unspecified atom stereocenters. The van der Waals surface area contributed by atoms with Crippen molar-refractivity contribution in [1.29, 1.82) is 0 Å². The lowest BCUT2D eigenvalue weighted by molar-refractivity contribution is 0.636. The normalized spacial score (nSPS) is 13.4. The molecule has 0 bridgehead atoms. The van der Waals surface area contributed by atoms with E-state index in [9.17, 15) is 4.39 Å². The van der Waals surface area contributed by atoms with E-state index in [-0.39, 0.29) is 11.9 Å². The van der Waals surface area contributed by atoms with Crippen LogP contribution in [0.5, 0.6) is 0 Å². The Morgan fingerprint density at radius 2 is 2.21 bits per heavy atom. The van der Waals surface area contributed by atoms with Crippen molar-refractivity contribution >= 4 is 10.9 Å². The second kappa shape index (κ2) is 3.06. The van der Waals surface area contributed by atoms with Gasteiger partial charge in [0.25, 0.3) is 0 Å². The van der Waals surface area contributed by atoms with Gasteiger partial charge in [0.1, 0.15) is 5.82 Å². The molecule has 0 aliphatic rings. The number of fused-ring (bicyclic) bond motifs is 1. The second-order valence-electron chi connectivity index (χ2n) is 3.43. The number of nitrogens with two attached hydrogens (primary N) is 1. The number of nitrogens with zero attached hydrogens (tertiary/aromatic N) is 2. The standard InChI is InChI=1S/C10H12FN3/c1-6(12)10-9-7(11)4-3-5-8(9)14(2)13-10/h3-6H,12H2,1-2H3. The molecular weight excluding hydrogens is 181 g/mol. The third kappa shape index (κ3) is 1.19. The van der Waals surface area contributed by atoms with Crippen LogP contribution in [0, 0.1) is 5.82 Å². The molecule has 1 heterocycles. The van der Waals surface area contributed by atoms with Crippen LogP contribution in [-0.4, -0.2) is 9.78 Å². The van der Waals surface area contributed by atoms with Gasteiger partial charge in [0, 0.05) is 13.1 Å². The highest BCUT2D eigenvalue weighted by Gasteiger charge is 2.14. The largest absolute Gasteiger partial charge is 0.323 e. The molecule has 2 aromatic rings. The van der Waals surface area contributed by atoms with Crippen LogP contribution in [0.3, 0.4) is 0 Å². The summed E-state index contributed by atoms with van der Waals surface area (Å²) < 4.78 is 15.2. The molecule has 1 aromatic carbocycles. The first-order valence-corrected chi connectivity index (χ1v) is 4.48. The molecule has 0 fully saturated rings. The van der Waals surface area contributed by atoms with Crippen LogP contribution in [0.2, 0.25) is 0 Å². The highest BCUT2D eigenvalue weighted by Crippen LogP contribution is 2.24. The summed E-state index contributed by atoms with van der Waals surface area (Å²) >= 11 is 0. The molecule has 1 aromatic heterocycles. The molecule has 0 saturated heterocycles. The zero-order chi connectivity index (χ0) is 10.3. The summed E-state index contributed by atoms with van der Waals surface area (Å²) in [6, 6.07) is 4.67. The van der Waals surface area contributed by atoms with Gasteiger partial charge in [-0.2, -0.15) is 5.10 Å². The quantitative estimate of drug-likeness (QED) is 0.749. The summed E-state index contributed by atoms with van der Waals surface area (Å²) in [5.41, 5.74) is 7.11. The Hall–Kier alpha value is -1.42. The van der Waals surface area contributed by atoms with E-state index < -0.39 is 0 Å². The van der Waals surface area contributed by atoms with Crippen LogP contribution in [-0.2, 0) is 7.05 Å². The molecule has 1 atom stereocenters. The van der Waals surface area contributed by atoms with E-state index in [0.717, 1.165) is 5.52 Å². The summed E-state index contributed by atoms with van der Waals surface area (Å²) in [6.07, 6.45) is 0. The van der Waals surface area contributed by atoms with Crippen LogP contribution in [0.1, 0.15) is 18.7 Å². The number of benzene rings is 1. The first-order valence-electron chi connectivity index (χ1n) is 4.48. The van der Waals surface area contributed by atoms with Gasteiger partial charge in [-0.25, -0.2) is 4.39 Å². The van der Waals surface area contributed by atoms with E-state index in [1.54, 1.807) is 24.7 Å². The van der Waals surface area contributed by atoms with Gasteiger partial charge in [0.2, 0.25) is 0 Å². The fraction of sp³-hybridized carbons (Fsp3) is 0.300. The Morgan fingerprint density at radius 3 is 2.86 bits per heavy atom. The zero-order valence-corrected chi connectivity index (χ0v) is 8.16. The first kappa shape index (κ1) is 9.15. The minimum atomic E-state index is -0.261. The Bertz CT molecular complexity index is 473. The van der Waals surface area contributed by atoms with Crippen LogP contribution in [0.4, 0.5) is 4.39 Å². The maximum Gasteiger partial charge on any atom is 0.134 e. The summed E-state index contributed by atoms with van der Waals surface area (Å²) in [5, 5.41) is 4.73. The molecule has 2 rings (SSSR count).